The van der Waals surface area contributed by atoms with Crippen molar-refractivity contribution in [3.63, 3.8) is 0 Å². The number of hydrogen-bond acceptors (Lipinski definition) is 2. The normalized spacial score (nSPS) is 11.5. The van der Waals surface area contributed by atoms with E-state index in [-0.39, 0.29) is 11.3 Å². The van der Waals surface area contributed by atoms with Gasteiger partial charge in [-0.3, -0.25) is 4.79 Å². The number of pyridine rings is 1. The fourth-order valence-corrected chi connectivity index (χ4v) is 1.16. The molecule has 0 unspecified atom stereocenters. The first-order valence-electron chi connectivity index (χ1n) is 4.05. The van der Waals surface area contributed by atoms with Gasteiger partial charge in [0.2, 0.25) is 0 Å². The second kappa shape index (κ2) is 3.88. The molecule has 1 rings (SSSR count). The predicted octanol–water partition coefficient (Wildman–Crippen LogP) is 2.04. The van der Waals surface area contributed by atoms with Crippen LogP contribution >= 0.6 is 0 Å². The average molecular weight is 219 g/mol. The Morgan fingerprint density at radius 3 is 2.53 bits per heavy atom. The van der Waals surface area contributed by atoms with E-state index in [1.54, 1.807) is 0 Å². The lowest BCUT2D eigenvalue weighted by Gasteiger charge is -2.08. The summed E-state index contributed by atoms with van der Waals surface area (Å²) in [6.45, 7) is 1.39. The second-order valence-electron chi connectivity index (χ2n) is 3.07. The van der Waals surface area contributed by atoms with Crippen molar-refractivity contribution in [3.8, 4) is 0 Å². The number of alkyl halides is 3. The Balaban J connectivity index is 3.11. The maximum Gasteiger partial charge on any atom is 0.433 e. The van der Waals surface area contributed by atoms with Gasteiger partial charge < -0.3 is 5.11 Å². The Morgan fingerprint density at radius 1 is 1.47 bits per heavy atom. The Bertz CT molecular complexity index is 387. The molecule has 0 fully saturated rings. The summed E-state index contributed by atoms with van der Waals surface area (Å²) < 4.78 is 36.8. The highest BCUT2D eigenvalue weighted by Gasteiger charge is 2.32. The molecular weight excluding hydrogens is 211 g/mol. The van der Waals surface area contributed by atoms with Crippen molar-refractivity contribution in [2.24, 2.45) is 0 Å². The summed E-state index contributed by atoms with van der Waals surface area (Å²) in [6.07, 6.45) is -4.98. The van der Waals surface area contributed by atoms with Crippen LogP contribution < -0.4 is 0 Å². The number of halogens is 3. The van der Waals surface area contributed by atoms with Crippen molar-refractivity contribution in [3.05, 3.63) is 29.1 Å². The smallest absolute Gasteiger partial charge is 0.433 e. The molecule has 0 aliphatic carbocycles. The Hall–Kier alpha value is -1.59. The number of nitrogens with zero attached hydrogens (tertiary/aromatic N) is 1. The Morgan fingerprint density at radius 2 is 2.07 bits per heavy atom. The van der Waals surface area contributed by atoms with Crippen LogP contribution in [-0.4, -0.2) is 16.1 Å². The zero-order chi connectivity index (χ0) is 11.6. The van der Waals surface area contributed by atoms with Crippen molar-refractivity contribution >= 4 is 5.97 Å². The number of carboxylic acid groups (broad SMARTS) is 1. The molecule has 0 aliphatic rings. The molecule has 82 valence electrons. The summed E-state index contributed by atoms with van der Waals surface area (Å²) in [5.41, 5.74) is -0.804. The minimum atomic E-state index is -4.54. The molecule has 0 atom stereocenters. The van der Waals surface area contributed by atoms with Crippen molar-refractivity contribution in [2.75, 3.05) is 0 Å². The zero-order valence-corrected chi connectivity index (χ0v) is 7.80. The third-order valence-electron chi connectivity index (χ3n) is 1.66. The summed E-state index contributed by atoms with van der Waals surface area (Å²) in [5.74, 6) is -1.17. The second-order valence-corrected chi connectivity index (χ2v) is 3.07. The van der Waals surface area contributed by atoms with Gasteiger partial charge in [0.05, 0.1) is 6.42 Å². The lowest BCUT2D eigenvalue weighted by molar-refractivity contribution is -0.141. The first-order valence-corrected chi connectivity index (χ1v) is 4.05. The van der Waals surface area contributed by atoms with Gasteiger partial charge in [-0.25, -0.2) is 4.98 Å². The highest BCUT2D eigenvalue weighted by molar-refractivity contribution is 5.70. The van der Waals surface area contributed by atoms with E-state index in [0.717, 1.165) is 6.07 Å². The molecule has 0 spiro atoms. The van der Waals surface area contributed by atoms with Gasteiger partial charge in [-0.05, 0) is 24.6 Å². The van der Waals surface area contributed by atoms with Crippen molar-refractivity contribution in [1.82, 2.24) is 4.98 Å². The minimum Gasteiger partial charge on any atom is -0.481 e. The summed E-state index contributed by atoms with van der Waals surface area (Å²) in [7, 11) is 0. The molecule has 15 heavy (non-hydrogen) atoms. The summed E-state index contributed by atoms with van der Waals surface area (Å²) in [5, 5.41) is 8.45. The Kier molecular flexibility index (Phi) is 2.97. The number of hydrogen-bond donors (Lipinski definition) is 1. The van der Waals surface area contributed by atoms with E-state index in [4.69, 9.17) is 5.11 Å². The molecule has 0 radical (unpaired) electrons. The van der Waals surface area contributed by atoms with Gasteiger partial charge in [0.1, 0.15) is 5.69 Å². The van der Waals surface area contributed by atoms with E-state index >= 15 is 0 Å². The molecule has 0 saturated heterocycles. The maximum atomic E-state index is 12.3. The first-order chi connectivity index (χ1) is 6.79. The van der Waals surface area contributed by atoms with Crippen LogP contribution in [-0.2, 0) is 17.4 Å². The predicted molar refractivity (Wildman–Crippen MR) is 45.3 cm³/mol. The average Bonchev–Trinajstić information content (AvgIpc) is 1.99. The van der Waals surface area contributed by atoms with E-state index in [2.05, 4.69) is 4.98 Å². The molecule has 0 saturated carbocycles. The SMILES string of the molecule is Cc1cc(CC(=O)O)cc(C(F)(F)F)n1. The van der Waals surface area contributed by atoms with Crippen LogP contribution in [0.1, 0.15) is 17.0 Å². The highest BCUT2D eigenvalue weighted by Crippen LogP contribution is 2.28. The van der Waals surface area contributed by atoms with Crippen LogP contribution in [0.25, 0.3) is 0 Å². The number of carbonyl (C=O) groups is 1. The molecule has 3 nitrogen and oxygen atoms in total. The van der Waals surface area contributed by atoms with Crippen LogP contribution in [0, 0.1) is 6.92 Å². The fourth-order valence-electron chi connectivity index (χ4n) is 1.16. The lowest BCUT2D eigenvalue weighted by atomic mass is 10.1. The maximum absolute atomic E-state index is 12.3. The number of aliphatic carboxylic acids is 1. The third kappa shape index (κ3) is 3.23. The molecular formula is C9H8F3NO2. The zero-order valence-electron chi connectivity index (χ0n) is 7.80. The molecule has 0 aromatic carbocycles. The number of aromatic nitrogens is 1. The van der Waals surface area contributed by atoms with Gasteiger partial charge >= 0.3 is 12.1 Å². The molecule has 1 heterocycles. The number of aryl methyl sites for hydroxylation is 1. The molecule has 1 N–H and O–H groups in total. The summed E-state index contributed by atoms with van der Waals surface area (Å²) in [4.78, 5) is 13.6. The van der Waals surface area contributed by atoms with E-state index in [9.17, 15) is 18.0 Å². The van der Waals surface area contributed by atoms with E-state index in [0.29, 0.717) is 0 Å². The molecule has 1 aromatic heterocycles. The lowest BCUT2D eigenvalue weighted by Crippen LogP contribution is -2.11. The quantitative estimate of drug-likeness (QED) is 0.827. The van der Waals surface area contributed by atoms with E-state index in [1.807, 2.05) is 0 Å². The number of rotatable bonds is 2. The third-order valence-corrected chi connectivity index (χ3v) is 1.66. The van der Waals surface area contributed by atoms with Crippen LogP contribution in [0.15, 0.2) is 12.1 Å². The first kappa shape index (κ1) is 11.5. The van der Waals surface area contributed by atoms with Gasteiger partial charge in [-0.15, -0.1) is 0 Å². The van der Waals surface area contributed by atoms with Crippen LogP contribution in [0.4, 0.5) is 13.2 Å². The number of carboxylic acids is 1. The largest absolute Gasteiger partial charge is 0.481 e. The molecule has 0 bridgehead atoms. The van der Waals surface area contributed by atoms with Crippen molar-refractivity contribution < 1.29 is 23.1 Å². The molecule has 6 heteroatoms. The fraction of sp³-hybridized carbons (Fsp3) is 0.333. The molecule has 1 aromatic rings. The molecule has 0 aliphatic heterocycles. The van der Waals surface area contributed by atoms with Crippen molar-refractivity contribution in [1.29, 1.82) is 0 Å². The van der Waals surface area contributed by atoms with Gasteiger partial charge in [-0.1, -0.05) is 0 Å². The topological polar surface area (TPSA) is 50.2 Å². The van der Waals surface area contributed by atoms with Crippen LogP contribution in [0.2, 0.25) is 0 Å². The van der Waals surface area contributed by atoms with E-state index in [1.165, 1.54) is 13.0 Å². The van der Waals surface area contributed by atoms with E-state index < -0.39 is 24.3 Å². The Labute approximate surface area is 83.6 Å². The van der Waals surface area contributed by atoms with Gasteiger partial charge in [0.25, 0.3) is 0 Å². The van der Waals surface area contributed by atoms with Gasteiger partial charge in [0.15, 0.2) is 0 Å². The van der Waals surface area contributed by atoms with Gasteiger partial charge in [-0.2, -0.15) is 13.2 Å². The van der Waals surface area contributed by atoms with Crippen LogP contribution in [0.3, 0.4) is 0 Å². The molecule has 0 amide bonds. The van der Waals surface area contributed by atoms with Crippen molar-refractivity contribution in [2.45, 2.75) is 19.5 Å². The summed E-state index contributed by atoms with van der Waals surface area (Å²) >= 11 is 0. The monoisotopic (exact) mass is 219 g/mol. The highest BCUT2D eigenvalue weighted by atomic mass is 19.4. The summed E-state index contributed by atoms with van der Waals surface area (Å²) in [6, 6.07) is 2.07. The minimum absolute atomic E-state index is 0.0994. The van der Waals surface area contributed by atoms with Gasteiger partial charge in [0, 0.05) is 5.69 Å². The standard InChI is InChI=1S/C9H8F3NO2/c1-5-2-6(4-8(14)15)3-7(13-5)9(10,11)12/h2-3H,4H2,1H3,(H,14,15). The van der Waals surface area contributed by atoms with Crippen LogP contribution in [0.5, 0.6) is 0 Å².